The molecule has 1 heterocycles. The summed E-state index contributed by atoms with van der Waals surface area (Å²) < 4.78 is 1.53. The van der Waals surface area contributed by atoms with E-state index >= 15 is 0 Å². The van der Waals surface area contributed by atoms with Gasteiger partial charge in [-0.15, -0.1) is 0 Å². The molecule has 0 unspecified atom stereocenters. The Morgan fingerprint density at radius 1 is 1.41 bits per heavy atom. The van der Waals surface area contributed by atoms with E-state index in [0.29, 0.717) is 22.1 Å². The fourth-order valence-corrected chi connectivity index (χ4v) is 1.94. The molecule has 0 aliphatic heterocycles. The molecule has 0 radical (unpaired) electrons. The summed E-state index contributed by atoms with van der Waals surface area (Å²) in [6, 6.07) is 7.03. The lowest BCUT2D eigenvalue weighted by atomic mass is 10.3. The third kappa shape index (κ3) is 2.01. The lowest BCUT2D eigenvalue weighted by Gasteiger charge is -2.03. The van der Waals surface area contributed by atoms with Crippen LogP contribution < -0.4 is 0 Å². The van der Waals surface area contributed by atoms with Crippen molar-refractivity contribution in [3.63, 3.8) is 0 Å². The van der Waals surface area contributed by atoms with Gasteiger partial charge in [-0.25, -0.2) is 4.68 Å². The summed E-state index contributed by atoms with van der Waals surface area (Å²) in [4.78, 5) is 10.5. The van der Waals surface area contributed by atoms with Gasteiger partial charge in [0.2, 0.25) is 0 Å². The third-order valence-corrected chi connectivity index (χ3v) is 2.72. The minimum absolute atomic E-state index is 0.0463. The molecule has 6 heteroatoms. The van der Waals surface area contributed by atoms with Gasteiger partial charge in [-0.3, -0.25) is 10.1 Å². The minimum atomic E-state index is -0.418. The number of aromatic nitrogens is 2. The average molecular weight is 252 g/mol. The number of benzene rings is 1. The van der Waals surface area contributed by atoms with Gasteiger partial charge < -0.3 is 0 Å². The quantitative estimate of drug-likeness (QED) is 0.609. The molecule has 0 atom stereocenters. The van der Waals surface area contributed by atoms with Crippen molar-refractivity contribution in [3.05, 3.63) is 50.8 Å². The molecular formula is C11H10ClN3O2. The Balaban J connectivity index is 2.62. The van der Waals surface area contributed by atoms with Gasteiger partial charge in [0.05, 0.1) is 10.6 Å². The second-order valence-corrected chi connectivity index (χ2v) is 4.10. The van der Waals surface area contributed by atoms with E-state index in [9.17, 15) is 10.1 Å². The number of hydrogen-bond donors (Lipinski definition) is 0. The number of nitro groups is 1. The van der Waals surface area contributed by atoms with E-state index in [1.54, 1.807) is 38.1 Å². The highest BCUT2D eigenvalue weighted by molar-refractivity contribution is 6.30. The van der Waals surface area contributed by atoms with E-state index in [2.05, 4.69) is 5.10 Å². The summed E-state index contributed by atoms with van der Waals surface area (Å²) in [6.45, 7) is 3.28. The third-order valence-electron chi connectivity index (χ3n) is 2.49. The molecule has 1 aromatic carbocycles. The number of rotatable bonds is 2. The molecule has 0 fully saturated rings. The van der Waals surface area contributed by atoms with Crippen molar-refractivity contribution >= 4 is 17.3 Å². The molecule has 0 bridgehead atoms. The number of hydrogen-bond acceptors (Lipinski definition) is 3. The maximum absolute atomic E-state index is 10.9. The molecule has 0 spiro atoms. The lowest BCUT2D eigenvalue weighted by Crippen LogP contribution is -1.99. The first-order chi connectivity index (χ1) is 8.00. The van der Waals surface area contributed by atoms with Crippen LogP contribution in [0.3, 0.4) is 0 Å². The van der Waals surface area contributed by atoms with Gasteiger partial charge in [-0.05, 0) is 32.0 Å². The second kappa shape index (κ2) is 4.18. The minimum Gasteiger partial charge on any atom is -0.258 e. The molecule has 0 aliphatic carbocycles. The fourth-order valence-electron chi connectivity index (χ4n) is 1.76. The van der Waals surface area contributed by atoms with E-state index in [1.165, 1.54) is 4.68 Å². The number of aryl methyl sites for hydroxylation is 1. The van der Waals surface area contributed by atoms with Crippen LogP contribution in [0.2, 0.25) is 5.02 Å². The molecule has 5 nitrogen and oxygen atoms in total. The van der Waals surface area contributed by atoms with Crippen molar-refractivity contribution in [2.45, 2.75) is 13.8 Å². The van der Waals surface area contributed by atoms with Gasteiger partial charge in [0, 0.05) is 5.02 Å². The van der Waals surface area contributed by atoms with Crippen LogP contribution in [0.4, 0.5) is 5.69 Å². The molecule has 2 rings (SSSR count). The summed E-state index contributed by atoms with van der Waals surface area (Å²) >= 11 is 5.88. The second-order valence-electron chi connectivity index (χ2n) is 3.67. The summed E-state index contributed by atoms with van der Waals surface area (Å²) in [6.07, 6.45) is 0. The van der Waals surface area contributed by atoms with E-state index in [1.807, 2.05) is 0 Å². The first-order valence-corrected chi connectivity index (χ1v) is 5.35. The Bertz CT molecular complexity index is 592. The normalized spacial score (nSPS) is 10.5. The van der Waals surface area contributed by atoms with Crippen LogP contribution in [0.5, 0.6) is 0 Å². The lowest BCUT2D eigenvalue weighted by molar-refractivity contribution is -0.386. The molecule has 0 saturated carbocycles. The summed E-state index contributed by atoms with van der Waals surface area (Å²) in [5.41, 5.74) is 1.65. The average Bonchev–Trinajstić information content (AvgIpc) is 2.54. The number of halogens is 1. The van der Waals surface area contributed by atoms with Crippen LogP contribution >= 0.6 is 11.6 Å². The van der Waals surface area contributed by atoms with Gasteiger partial charge in [-0.1, -0.05) is 17.7 Å². The molecule has 0 amide bonds. The van der Waals surface area contributed by atoms with Crippen LogP contribution in [0.1, 0.15) is 11.4 Å². The van der Waals surface area contributed by atoms with Crippen molar-refractivity contribution in [1.82, 2.24) is 9.78 Å². The van der Waals surface area contributed by atoms with Gasteiger partial charge in [0.25, 0.3) is 0 Å². The number of nitrogens with zero attached hydrogens (tertiary/aromatic N) is 3. The predicted molar refractivity (Wildman–Crippen MR) is 64.7 cm³/mol. The van der Waals surface area contributed by atoms with E-state index in [0.717, 1.165) is 0 Å². The molecule has 1 aromatic heterocycles. The van der Waals surface area contributed by atoms with Crippen molar-refractivity contribution in [1.29, 1.82) is 0 Å². The standard InChI is InChI=1S/C11H10ClN3O2/c1-7-11(15(16)17)8(2)14(13-7)10-5-3-4-9(12)6-10/h3-6H,1-2H3. The SMILES string of the molecule is Cc1nn(-c2cccc(Cl)c2)c(C)c1[N+](=O)[O-]. The zero-order valence-corrected chi connectivity index (χ0v) is 10.1. The van der Waals surface area contributed by atoms with Crippen LogP contribution in [-0.2, 0) is 0 Å². The highest BCUT2D eigenvalue weighted by atomic mass is 35.5. The first kappa shape index (κ1) is 11.6. The Hall–Kier alpha value is -1.88. The van der Waals surface area contributed by atoms with Gasteiger partial charge in [-0.2, -0.15) is 5.10 Å². The maximum Gasteiger partial charge on any atom is 0.313 e. The highest BCUT2D eigenvalue weighted by Crippen LogP contribution is 2.25. The van der Waals surface area contributed by atoms with Crippen LogP contribution in [0.15, 0.2) is 24.3 Å². The van der Waals surface area contributed by atoms with Gasteiger partial charge in [0.1, 0.15) is 11.4 Å². The predicted octanol–water partition coefficient (Wildman–Crippen LogP) is 3.05. The van der Waals surface area contributed by atoms with Crippen LogP contribution in [-0.4, -0.2) is 14.7 Å². The Labute approximate surface area is 103 Å². The zero-order chi connectivity index (χ0) is 12.6. The monoisotopic (exact) mass is 251 g/mol. The molecule has 17 heavy (non-hydrogen) atoms. The topological polar surface area (TPSA) is 61.0 Å². The molecular weight excluding hydrogens is 242 g/mol. The Morgan fingerprint density at radius 3 is 2.65 bits per heavy atom. The molecule has 0 saturated heterocycles. The van der Waals surface area contributed by atoms with Gasteiger partial charge >= 0.3 is 5.69 Å². The van der Waals surface area contributed by atoms with Crippen molar-refractivity contribution in [2.75, 3.05) is 0 Å². The Morgan fingerprint density at radius 2 is 2.12 bits per heavy atom. The molecule has 2 aromatic rings. The van der Waals surface area contributed by atoms with E-state index in [-0.39, 0.29) is 5.69 Å². The van der Waals surface area contributed by atoms with Crippen LogP contribution in [0, 0.1) is 24.0 Å². The summed E-state index contributed by atoms with van der Waals surface area (Å²) in [7, 11) is 0. The molecule has 88 valence electrons. The fraction of sp³-hybridized carbons (Fsp3) is 0.182. The van der Waals surface area contributed by atoms with Crippen molar-refractivity contribution < 1.29 is 4.92 Å². The van der Waals surface area contributed by atoms with E-state index < -0.39 is 4.92 Å². The largest absolute Gasteiger partial charge is 0.313 e. The van der Waals surface area contributed by atoms with Crippen LogP contribution in [0.25, 0.3) is 5.69 Å². The zero-order valence-electron chi connectivity index (χ0n) is 9.35. The molecule has 0 aliphatic rings. The van der Waals surface area contributed by atoms with Gasteiger partial charge in [0.15, 0.2) is 0 Å². The highest BCUT2D eigenvalue weighted by Gasteiger charge is 2.22. The van der Waals surface area contributed by atoms with E-state index in [4.69, 9.17) is 11.6 Å². The molecule has 0 N–H and O–H groups in total. The summed E-state index contributed by atoms with van der Waals surface area (Å²) in [5, 5.41) is 15.6. The Kier molecular flexibility index (Phi) is 2.85. The van der Waals surface area contributed by atoms with Crippen molar-refractivity contribution in [3.8, 4) is 5.69 Å². The maximum atomic E-state index is 10.9. The first-order valence-electron chi connectivity index (χ1n) is 4.97. The van der Waals surface area contributed by atoms with Crippen molar-refractivity contribution in [2.24, 2.45) is 0 Å². The smallest absolute Gasteiger partial charge is 0.258 e. The summed E-state index contributed by atoms with van der Waals surface area (Å²) in [5.74, 6) is 0.